The number of aliphatic hydroxyl groups excluding tert-OH is 1. The lowest BCUT2D eigenvalue weighted by Crippen LogP contribution is -2.26. The summed E-state index contributed by atoms with van der Waals surface area (Å²) in [5, 5.41) is 21.7. The van der Waals surface area contributed by atoms with E-state index in [9.17, 15) is 13.5 Å². The minimum Gasteiger partial charge on any atom is -0.392 e. The van der Waals surface area contributed by atoms with Crippen LogP contribution >= 0.6 is 0 Å². The average molecular weight is 300 g/mol. The topological polar surface area (TPSA) is 137 Å². The lowest BCUT2D eigenvalue weighted by Gasteiger charge is -2.05. The molecule has 0 saturated heterocycles. The van der Waals surface area contributed by atoms with Crippen LogP contribution in [0.1, 0.15) is 23.5 Å². The van der Waals surface area contributed by atoms with Crippen LogP contribution in [0, 0.1) is 6.92 Å². The van der Waals surface area contributed by atoms with Crippen LogP contribution in [0.2, 0.25) is 0 Å². The maximum absolute atomic E-state index is 12.0. The third-order valence-electron chi connectivity index (χ3n) is 2.80. The van der Waals surface area contributed by atoms with Crippen molar-refractivity contribution in [1.82, 2.24) is 30.1 Å². The van der Waals surface area contributed by atoms with E-state index in [1.54, 1.807) is 6.92 Å². The lowest BCUT2D eigenvalue weighted by molar-refractivity contribution is 0.277. The Balaban J connectivity index is 1.93. The summed E-state index contributed by atoms with van der Waals surface area (Å²) >= 11 is 0. The van der Waals surface area contributed by atoms with Gasteiger partial charge in [0.2, 0.25) is 0 Å². The summed E-state index contributed by atoms with van der Waals surface area (Å²) in [4.78, 5) is 3.94. The van der Waals surface area contributed by atoms with E-state index in [0.29, 0.717) is 24.4 Å². The van der Waals surface area contributed by atoms with E-state index in [4.69, 9.17) is 0 Å². The number of aromatic nitrogens is 5. The number of nitrogens with zero attached hydrogens (tertiary/aromatic N) is 3. The molecule has 0 aromatic carbocycles. The second-order valence-corrected chi connectivity index (χ2v) is 5.91. The monoisotopic (exact) mass is 300 g/mol. The van der Waals surface area contributed by atoms with Crippen LogP contribution in [0.3, 0.4) is 0 Å². The standard InChI is InChI=1S/C10H16N6O3S/c1-7-8(5-17)10(16-14-7)20(18,19)13-4-2-3-9-11-6-12-15-9/h6,13,17H,2-5H2,1H3,(H,14,16)(H,11,12,15). The Morgan fingerprint density at radius 2 is 2.20 bits per heavy atom. The smallest absolute Gasteiger partial charge is 0.260 e. The highest BCUT2D eigenvalue weighted by Crippen LogP contribution is 2.15. The van der Waals surface area contributed by atoms with Crippen molar-refractivity contribution in [1.29, 1.82) is 0 Å². The highest BCUT2D eigenvalue weighted by molar-refractivity contribution is 7.89. The molecule has 0 fully saturated rings. The maximum atomic E-state index is 12.0. The highest BCUT2D eigenvalue weighted by Gasteiger charge is 2.22. The molecule has 0 spiro atoms. The van der Waals surface area contributed by atoms with Crippen LogP contribution in [0.5, 0.6) is 0 Å². The summed E-state index contributed by atoms with van der Waals surface area (Å²) in [5.41, 5.74) is 0.822. The number of hydrogen-bond acceptors (Lipinski definition) is 6. The second kappa shape index (κ2) is 6.11. The van der Waals surface area contributed by atoms with Gasteiger partial charge in [-0.1, -0.05) is 0 Å². The minimum atomic E-state index is -3.72. The van der Waals surface area contributed by atoms with Gasteiger partial charge in [-0.15, -0.1) is 0 Å². The van der Waals surface area contributed by atoms with Gasteiger partial charge in [0.15, 0.2) is 5.03 Å². The molecule has 0 amide bonds. The summed E-state index contributed by atoms with van der Waals surface area (Å²) in [6.45, 7) is 1.53. The summed E-state index contributed by atoms with van der Waals surface area (Å²) in [6, 6.07) is 0. The van der Waals surface area contributed by atoms with Crippen molar-refractivity contribution in [3.63, 3.8) is 0 Å². The second-order valence-electron chi connectivity index (χ2n) is 4.22. The van der Waals surface area contributed by atoms with Crippen molar-refractivity contribution in [2.75, 3.05) is 6.54 Å². The van der Waals surface area contributed by atoms with Gasteiger partial charge in [-0.25, -0.2) is 18.1 Å². The number of hydrogen-bond donors (Lipinski definition) is 4. The summed E-state index contributed by atoms with van der Waals surface area (Å²) in [5.74, 6) is 0.704. The summed E-state index contributed by atoms with van der Waals surface area (Å²) < 4.78 is 26.5. The van der Waals surface area contributed by atoms with Gasteiger partial charge in [-0.05, 0) is 13.3 Å². The SMILES string of the molecule is Cc1[nH]nc(S(=O)(=O)NCCCc2ncn[nH]2)c1CO. The Hall–Kier alpha value is -1.78. The molecule has 9 nitrogen and oxygen atoms in total. The van der Waals surface area contributed by atoms with Crippen LogP contribution in [0.15, 0.2) is 11.4 Å². The predicted octanol–water partition coefficient (Wildman–Crippen LogP) is -0.760. The number of sulfonamides is 1. The van der Waals surface area contributed by atoms with E-state index in [0.717, 1.165) is 0 Å². The molecule has 0 aliphatic rings. The molecule has 0 saturated carbocycles. The molecule has 110 valence electrons. The van der Waals surface area contributed by atoms with Gasteiger partial charge in [-0.2, -0.15) is 10.2 Å². The zero-order chi connectivity index (χ0) is 14.6. The largest absolute Gasteiger partial charge is 0.392 e. The fourth-order valence-corrected chi connectivity index (χ4v) is 2.98. The van der Waals surface area contributed by atoms with E-state index >= 15 is 0 Å². The molecular formula is C10H16N6O3S. The Morgan fingerprint density at radius 1 is 1.40 bits per heavy atom. The number of aryl methyl sites for hydroxylation is 2. The molecule has 10 heteroatoms. The van der Waals surface area contributed by atoms with Gasteiger partial charge in [0, 0.05) is 24.2 Å². The Bertz CT molecular complexity index is 649. The molecule has 0 aliphatic carbocycles. The first kappa shape index (κ1) is 14.6. The number of nitrogens with one attached hydrogen (secondary N) is 3. The summed E-state index contributed by atoms with van der Waals surface area (Å²) in [7, 11) is -3.72. The summed E-state index contributed by atoms with van der Waals surface area (Å²) in [6.07, 6.45) is 2.57. The molecule has 0 bridgehead atoms. The average Bonchev–Trinajstić information content (AvgIpc) is 3.04. The molecule has 0 atom stereocenters. The van der Waals surface area contributed by atoms with E-state index in [1.165, 1.54) is 6.33 Å². The van der Waals surface area contributed by atoms with Crippen molar-refractivity contribution in [2.24, 2.45) is 0 Å². The zero-order valence-electron chi connectivity index (χ0n) is 10.9. The first-order valence-corrected chi connectivity index (χ1v) is 7.51. The number of H-pyrrole nitrogens is 2. The molecule has 0 aliphatic heterocycles. The third kappa shape index (κ3) is 3.21. The van der Waals surface area contributed by atoms with E-state index in [-0.39, 0.29) is 23.7 Å². The molecule has 2 aromatic heterocycles. The van der Waals surface area contributed by atoms with Gasteiger partial charge in [0.1, 0.15) is 12.2 Å². The first-order chi connectivity index (χ1) is 9.54. The molecule has 0 radical (unpaired) electrons. The molecule has 2 heterocycles. The molecule has 2 rings (SSSR count). The van der Waals surface area contributed by atoms with Gasteiger partial charge < -0.3 is 5.11 Å². The minimum absolute atomic E-state index is 0.155. The highest BCUT2D eigenvalue weighted by atomic mass is 32.2. The van der Waals surface area contributed by atoms with Crippen molar-refractivity contribution >= 4 is 10.0 Å². The molecule has 20 heavy (non-hydrogen) atoms. The van der Waals surface area contributed by atoms with Gasteiger partial charge in [0.05, 0.1) is 6.61 Å². The lowest BCUT2D eigenvalue weighted by atomic mass is 10.3. The number of aliphatic hydroxyl groups is 1. The van der Waals surface area contributed by atoms with E-state index < -0.39 is 10.0 Å². The predicted molar refractivity (Wildman–Crippen MR) is 69.1 cm³/mol. The molecule has 2 aromatic rings. The number of rotatable bonds is 7. The quantitative estimate of drug-likeness (QED) is 0.496. The Kier molecular flexibility index (Phi) is 4.47. The number of aromatic amines is 2. The normalized spacial score (nSPS) is 11.9. The maximum Gasteiger partial charge on any atom is 0.260 e. The van der Waals surface area contributed by atoms with Crippen LogP contribution in [0.25, 0.3) is 0 Å². The molecule has 4 N–H and O–H groups in total. The fraction of sp³-hybridized carbons (Fsp3) is 0.500. The van der Waals surface area contributed by atoms with Crippen LogP contribution in [0.4, 0.5) is 0 Å². The van der Waals surface area contributed by atoms with Crippen molar-refractivity contribution < 1.29 is 13.5 Å². The van der Waals surface area contributed by atoms with Crippen molar-refractivity contribution in [2.45, 2.75) is 31.4 Å². The first-order valence-electron chi connectivity index (χ1n) is 6.03. The van der Waals surface area contributed by atoms with Crippen LogP contribution < -0.4 is 4.72 Å². The van der Waals surface area contributed by atoms with Gasteiger partial charge in [0.25, 0.3) is 10.0 Å². The van der Waals surface area contributed by atoms with E-state index in [2.05, 4.69) is 30.1 Å². The molecular weight excluding hydrogens is 284 g/mol. The Morgan fingerprint density at radius 3 is 2.85 bits per heavy atom. The zero-order valence-corrected chi connectivity index (χ0v) is 11.7. The van der Waals surface area contributed by atoms with Crippen LogP contribution in [-0.4, -0.2) is 45.4 Å². The molecule has 0 unspecified atom stereocenters. The van der Waals surface area contributed by atoms with Crippen LogP contribution in [-0.2, 0) is 23.1 Å². The fourth-order valence-electron chi connectivity index (χ4n) is 1.72. The van der Waals surface area contributed by atoms with Crippen molar-refractivity contribution in [3.05, 3.63) is 23.4 Å². The van der Waals surface area contributed by atoms with E-state index in [1.807, 2.05) is 0 Å². The van der Waals surface area contributed by atoms with Gasteiger partial charge >= 0.3 is 0 Å². The third-order valence-corrected chi connectivity index (χ3v) is 4.23. The van der Waals surface area contributed by atoms with Crippen molar-refractivity contribution in [3.8, 4) is 0 Å². The Labute approximate surface area is 115 Å². The van der Waals surface area contributed by atoms with Gasteiger partial charge in [-0.3, -0.25) is 10.2 Å².